The molecular formula is C12H15FN2. The van der Waals surface area contributed by atoms with Crippen molar-refractivity contribution in [2.75, 3.05) is 0 Å². The highest BCUT2D eigenvalue weighted by atomic mass is 19.1. The minimum atomic E-state index is -0.226. The standard InChI is InChI=1S/C12H15FN2/c1-4-8(2)12-14-10-7-9(13)5-6-11(10)15(12)3/h5-8H,4H2,1-3H3. The fraction of sp³-hybridized carbons (Fsp3) is 0.417. The maximum atomic E-state index is 13.0. The highest BCUT2D eigenvalue weighted by Gasteiger charge is 2.12. The van der Waals surface area contributed by atoms with E-state index in [9.17, 15) is 4.39 Å². The van der Waals surface area contributed by atoms with Crippen molar-refractivity contribution in [3.63, 3.8) is 0 Å². The van der Waals surface area contributed by atoms with Gasteiger partial charge in [0.15, 0.2) is 0 Å². The zero-order valence-corrected chi connectivity index (χ0v) is 9.29. The summed E-state index contributed by atoms with van der Waals surface area (Å²) in [5.41, 5.74) is 1.74. The lowest BCUT2D eigenvalue weighted by molar-refractivity contribution is 0.629. The third kappa shape index (κ3) is 1.62. The van der Waals surface area contributed by atoms with Gasteiger partial charge in [0.25, 0.3) is 0 Å². The minimum Gasteiger partial charge on any atom is -0.331 e. The molecule has 0 aliphatic rings. The molecular weight excluding hydrogens is 191 g/mol. The molecule has 2 aromatic rings. The van der Waals surface area contributed by atoms with Crippen molar-refractivity contribution in [1.82, 2.24) is 9.55 Å². The van der Waals surface area contributed by atoms with Gasteiger partial charge >= 0.3 is 0 Å². The van der Waals surface area contributed by atoms with Crippen LogP contribution in [0, 0.1) is 5.82 Å². The average molecular weight is 206 g/mol. The van der Waals surface area contributed by atoms with Crippen LogP contribution in [-0.4, -0.2) is 9.55 Å². The first-order chi connectivity index (χ1) is 7.13. The van der Waals surface area contributed by atoms with Gasteiger partial charge in [-0.1, -0.05) is 13.8 Å². The van der Waals surface area contributed by atoms with E-state index in [1.54, 1.807) is 6.07 Å². The number of hydrogen-bond acceptors (Lipinski definition) is 1. The normalized spacial score (nSPS) is 13.3. The number of imidazole rings is 1. The highest BCUT2D eigenvalue weighted by molar-refractivity contribution is 5.76. The predicted molar refractivity (Wildman–Crippen MR) is 59.4 cm³/mol. The van der Waals surface area contributed by atoms with Gasteiger partial charge in [0, 0.05) is 19.0 Å². The quantitative estimate of drug-likeness (QED) is 0.737. The molecule has 3 heteroatoms. The molecule has 0 amide bonds. The lowest BCUT2D eigenvalue weighted by Crippen LogP contribution is -2.01. The first kappa shape index (κ1) is 10.1. The fourth-order valence-electron chi connectivity index (χ4n) is 1.81. The second kappa shape index (κ2) is 3.65. The van der Waals surface area contributed by atoms with Crippen LogP contribution in [-0.2, 0) is 7.05 Å². The third-order valence-corrected chi connectivity index (χ3v) is 2.93. The summed E-state index contributed by atoms with van der Waals surface area (Å²) >= 11 is 0. The molecule has 1 heterocycles. The molecule has 1 aromatic carbocycles. The summed E-state index contributed by atoms with van der Waals surface area (Å²) in [4.78, 5) is 4.47. The number of fused-ring (bicyclic) bond motifs is 1. The Bertz CT molecular complexity index is 488. The van der Waals surface area contributed by atoms with Gasteiger partial charge in [-0.3, -0.25) is 0 Å². The molecule has 1 aromatic heterocycles. The monoisotopic (exact) mass is 206 g/mol. The first-order valence-electron chi connectivity index (χ1n) is 5.25. The Hall–Kier alpha value is -1.38. The molecule has 0 fully saturated rings. The maximum Gasteiger partial charge on any atom is 0.125 e. The maximum absolute atomic E-state index is 13.0. The first-order valence-corrected chi connectivity index (χ1v) is 5.25. The number of hydrogen-bond donors (Lipinski definition) is 0. The molecule has 0 saturated heterocycles. The molecule has 0 N–H and O–H groups in total. The minimum absolute atomic E-state index is 0.226. The van der Waals surface area contributed by atoms with Crippen LogP contribution < -0.4 is 0 Å². The van der Waals surface area contributed by atoms with Crippen molar-refractivity contribution in [2.24, 2.45) is 7.05 Å². The Balaban J connectivity index is 2.63. The van der Waals surface area contributed by atoms with Gasteiger partial charge in [-0.25, -0.2) is 9.37 Å². The number of benzene rings is 1. The smallest absolute Gasteiger partial charge is 0.125 e. The van der Waals surface area contributed by atoms with Crippen LogP contribution in [0.5, 0.6) is 0 Å². The van der Waals surface area contributed by atoms with E-state index in [0.29, 0.717) is 5.92 Å². The van der Waals surface area contributed by atoms with Crippen molar-refractivity contribution in [3.8, 4) is 0 Å². The lowest BCUT2D eigenvalue weighted by atomic mass is 10.1. The van der Waals surface area contributed by atoms with Gasteiger partial charge in [0.1, 0.15) is 11.6 Å². The van der Waals surface area contributed by atoms with Crippen LogP contribution in [0.2, 0.25) is 0 Å². The highest BCUT2D eigenvalue weighted by Crippen LogP contribution is 2.23. The zero-order valence-electron chi connectivity index (χ0n) is 9.29. The summed E-state index contributed by atoms with van der Waals surface area (Å²) in [7, 11) is 1.98. The van der Waals surface area contributed by atoms with Crippen LogP contribution in [0.15, 0.2) is 18.2 Å². The van der Waals surface area contributed by atoms with Crippen molar-refractivity contribution in [3.05, 3.63) is 29.8 Å². The number of rotatable bonds is 2. The number of halogens is 1. The van der Waals surface area contributed by atoms with Gasteiger partial charge in [0.2, 0.25) is 0 Å². The van der Waals surface area contributed by atoms with Crippen LogP contribution in [0.1, 0.15) is 32.0 Å². The van der Waals surface area contributed by atoms with E-state index in [-0.39, 0.29) is 5.82 Å². The van der Waals surface area contributed by atoms with E-state index < -0.39 is 0 Å². The van der Waals surface area contributed by atoms with Crippen LogP contribution in [0.4, 0.5) is 4.39 Å². The van der Waals surface area contributed by atoms with Crippen LogP contribution in [0.25, 0.3) is 11.0 Å². The number of aryl methyl sites for hydroxylation is 1. The predicted octanol–water partition coefficient (Wildman–Crippen LogP) is 3.23. The summed E-state index contributed by atoms with van der Waals surface area (Å²) in [6.45, 7) is 4.27. The van der Waals surface area contributed by atoms with E-state index in [1.165, 1.54) is 12.1 Å². The summed E-state index contributed by atoms with van der Waals surface area (Å²) in [6, 6.07) is 4.75. The van der Waals surface area contributed by atoms with Crippen molar-refractivity contribution >= 4 is 11.0 Å². The van der Waals surface area contributed by atoms with Gasteiger partial charge in [-0.15, -0.1) is 0 Å². The summed E-state index contributed by atoms with van der Waals surface area (Å²) in [6.07, 6.45) is 1.04. The number of nitrogens with zero attached hydrogens (tertiary/aromatic N) is 2. The van der Waals surface area contributed by atoms with Gasteiger partial charge in [-0.05, 0) is 18.6 Å². The third-order valence-electron chi connectivity index (χ3n) is 2.93. The zero-order chi connectivity index (χ0) is 11.0. The molecule has 0 aliphatic carbocycles. The van der Waals surface area contributed by atoms with Gasteiger partial charge < -0.3 is 4.57 Å². The second-order valence-electron chi connectivity index (χ2n) is 3.97. The van der Waals surface area contributed by atoms with E-state index in [2.05, 4.69) is 18.8 Å². The van der Waals surface area contributed by atoms with Crippen LogP contribution >= 0.6 is 0 Å². The molecule has 80 valence electrons. The van der Waals surface area contributed by atoms with Gasteiger partial charge in [-0.2, -0.15) is 0 Å². The Labute approximate surface area is 88.7 Å². The SMILES string of the molecule is CCC(C)c1nc2cc(F)ccc2n1C. The Morgan fingerprint density at radius 3 is 2.87 bits per heavy atom. The van der Waals surface area contributed by atoms with E-state index in [1.807, 2.05) is 11.6 Å². The molecule has 0 spiro atoms. The van der Waals surface area contributed by atoms with Crippen molar-refractivity contribution in [1.29, 1.82) is 0 Å². The molecule has 2 rings (SSSR count). The molecule has 2 nitrogen and oxygen atoms in total. The Morgan fingerprint density at radius 2 is 2.20 bits per heavy atom. The van der Waals surface area contributed by atoms with Crippen LogP contribution in [0.3, 0.4) is 0 Å². The Kier molecular flexibility index (Phi) is 2.47. The molecule has 15 heavy (non-hydrogen) atoms. The molecule has 1 atom stereocenters. The molecule has 0 radical (unpaired) electrons. The summed E-state index contributed by atoms with van der Waals surface area (Å²) in [5.74, 6) is 1.21. The second-order valence-corrected chi connectivity index (χ2v) is 3.97. The largest absolute Gasteiger partial charge is 0.331 e. The van der Waals surface area contributed by atoms with Gasteiger partial charge in [0.05, 0.1) is 11.0 Å². The molecule has 0 bridgehead atoms. The number of aromatic nitrogens is 2. The Morgan fingerprint density at radius 1 is 1.47 bits per heavy atom. The van der Waals surface area contributed by atoms with E-state index in [4.69, 9.17) is 0 Å². The topological polar surface area (TPSA) is 17.8 Å². The van der Waals surface area contributed by atoms with Crippen molar-refractivity contribution in [2.45, 2.75) is 26.2 Å². The molecule has 0 aliphatic heterocycles. The average Bonchev–Trinajstić information content (AvgIpc) is 2.54. The van der Waals surface area contributed by atoms with Crippen molar-refractivity contribution < 1.29 is 4.39 Å². The molecule has 0 saturated carbocycles. The fourth-order valence-corrected chi connectivity index (χ4v) is 1.81. The summed E-state index contributed by atoms with van der Waals surface area (Å²) in [5, 5.41) is 0. The molecule has 1 unspecified atom stereocenters. The lowest BCUT2D eigenvalue weighted by Gasteiger charge is -2.07. The summed E-state index contributed by atoms with van der Waals surface area (Å²) < 4.78 is 15.1. The van der Waals surface area contributed by atoms with E-state index in [0.717, 1.165) is 23.3 Å². The van der Waals surface area contributed by atoms with E-state index >= 15 is 0 Å².